The van der Waals surface area contributed by atoms with Gasteiger partial charge in [0, 0.05) is 21.1 Å². The molecule has 0 heterocycles. The van der Waals surface area contributed by atoms with E-state index in [1.54, 1.807) is 12.1 Å². The number of hydrogen-bond acceptors (Lipinski definition) is 2. The number of nitrogens with one attached hydrogen (secondary N) is 2. The highest BCUT2D eigenvalue weighted by Crippen LogP contribution is 2.34. The molecule has 3 aromatic carbocycles. The van der Waals surface area contributed by atoms with Gasteiger partial charge in [0.05, 0.1) is 0 Å². The molecule has 4 rings (SSSR count). The van der Waals surface area contributed by atoms with Crippen molar-refractivity contribution in [3.8, 4) is 0 Å². The fourth-order valence-corrected chi connectivity index (χ4v) is 3.75. The summed E-state index contributed by atoms with van der Waals surface area (Å²) in [7, 11) is 0. The maximum absolute atomic E-state index is 12.3. The summed E-state index contributed by atoms with van der Waals surface area (Å²) in [6.45, 7) is 0. The molecule has 1 aliphatic carbocycles. The zero-order valence-corrected chi connectivity index (χ0v) is 15.7. The predicted molar refractivity (Wildman–Crippen MR) is 109 cm³/mol. The third kappa shape index (κ3) is 3.17. The molecule has 1 aliphatic rings. The molecule has 3 nitrogen and oxygen atoms in total. The van der Waals surface area contributed by atoms with Crippen LogP contribution >= 0.6 is 28.1 Å². The lowest BCUT2D eigenvalue weighted by atomic mass is 10.0. The average Bonchev–Trinajstić information content (AvgIpc) is 3.03. The summed E-state index contributed by atoms with van der Waals surface area (Å²) in [5, 5.41) is 8.67. The van der Waals surface area contributed by atoms with Crippen LogP contribution < -0.4 is 10.6 Å². The van der Waals surface area contributed by atoms with E-state index < -0.39 is 0 Å². The van der Waals surface area contributed by atoms with Gasteiger partial charge >= 0.3 is 0 Å². The van der Waals surface area contributed by atoms with Gasteiger partial charge < -0.3 is 5.32 Å². The first kappa shape index (κ1) is 16.2. The number of hydrogen-bond donors (Lipinski definition) is 2. The summed E-state index contributed by atoms with van der Waals surface area (Å²) in [4.78, 5) is 12.3. The Balaban J connectivity index is 1.55. The summed E-state index contributed by atoms with van der Waals surface area (Å²) in [6.07, 6.45) is 2.17. The monoisotopic (exact) mass is 410 g/mol. The number of carbonyl (C=O) groups excluding carboxylic acids is 1. The van der Waals surface area contributed by atoms with Gasteiger partial charge in [-0.25, -0.2) is 0 Å². The number of halogens is 1. The van der Waals surface area contributed by atoms with Crippen LogP contribution in [-0.2, 0) is 12.8 Å². The van der Waals surface area contributed by atoms with Gasteiger partial charge in [0.25, 0.3) is 5.91 Å². The Morgan fingerprint density at radius 2 is 1.68 bits per heavy atom. The molecule has 0 aromatic heterocycles. The number of amides is 1. The third-order valence-electron chi connectivity index (χ3n) is 4.46. The average molecular weight is 411 g/mol. The molecule has 0 fully saturated rings. The minimum Gasteiger partial charge on any atom is -0.332 e. The van der Waals surface area contributed by atoms with E-state index in [1.807, 2.05) is 18.2 Å². The Hall–Kier alpha value is -2.24. The molecule has 0 unspecified atom stereocenters. The van der Waals surface area contributed by atoms with E-state index in [2.05, 4.69) is 50.8 Å². The number of aryl methyl sites for hydroxylation is 2. The van der Waals surface area contributed by atoms with Crippen molar-refractivity contribution in [2.24, 2.45) is 0 Å². The molecular formula is C20H15BrN2OS. The Labute approximate surface area is 159 Å². The molecule has 124 valence electrons. The van der Waals surface area contributed by atoms with Gasteiger partial charge in [0.1, 0.15) is 0 Å². The van der Waals surface area contributed by atoms with Crippen molar-refractivity contribution in [2.45, 2.75) is 12.8 Å². The van der Waals surface area contributed by atoms with E-state index >= 15 is 0 Å². The maximum Gasteiger partial charge on any atom is 0.257 e. The van der Waals surface area contributed by atoms with Crippen molar-refractivity contribution in [2.75, 3.05) is 5.32 Å². The van der Waals surface area contributed by atoms with Crippen LogP contribution in [0, 0.1) is 0 Å². The van der Waals surface area contributed by atoms with Crippen LogP contribution in [0.5, 0.6) is 0 Å². The Morgan fingerprint density at radius 1 is 0.960 bits per heavy atom. The normalized spacial score (nSPS) is 12.2. The van der Waals surface area contributed by atoms with Crippen molar-refractivity contribution < 1.29 is 4.79 Å². The summed E-state index contributed by atoms with van der Waals surface area (Å²) < 4.78 is 0.928. The van der Waals surface area contributed by atoms with Crippen LogP contribution in [0.2, 0.25) is 0 Å². The second kappa shape index (κ2) is 6.58. The molecular weight excluding hydrogens is 396 g/mol. The second-order valence-electron chi connectivity index (χ2n) is 6.03. The zero-order valence-electron chi connectivity index (χ0n) is 13.3. The predicted octanol–water partition coefficient (Wildman–Crippen LogP) is 4.83. The lowest BCUT2D eigenvalue weighted by Gasteiger charge is -2.13. The Bertz CT molecular complexity index is 988. The van der Waals surface area contributed by atoms with E-state index in [0.29, 0.717) is 10.7 Å². The molecule has 5 heteroatoms. The Kier molecular flexibility index (Phi) is 4.27. The van der Waals surface area contributed by atoms with Crippen LogP contribution in [0.25, 0.3) is 10.8 Å². The van der Waals surface area contributed by atoms with Gasteiger partial charge in [0.2, 0.25) is 0 Å². The molecule has 0 radical (unpaired) electrons. The largest absolute Gasteiger partial charge is 0.332 e. The molecule has 2 N–H and O–H groups in total. The van der Waals surface area contributed by atoms with Crippen LogP contribution in [0.4, 0.5) is 5.69 Å². The van der Waals surface area contributed by atoms with Crippen LogP contribution in [0.3, 0.4) is 0 Å². The highest BCUT2D eigenvalue weighted by molar-refractivity contribution is 9.10. The first-order valence-corrected chi connectivity index (χ1v) is 9.23. The van der Waals surface area contributed by atoms with Crippen molar-refractivity contribution in [1.82, 2.24) is 5.32 Å². The molecule has 0 aliphatic heterocycles. The summed E-state index contributed by atoms with van der Waals surface area (Å²) >= 11 is 8.69. The second-order valence-corrected chi connectivity index (χ2v) is 7.35. The fraction of sp³-hybridized carbons (Fsp3) is 0.100. The van der Waals surface area contributed by atoms with Gasteiger partial charge in [-0.1, -0.05) is 40.2 Å². The third-order valence-corrected chi connectivity index (χ3v) is 5.19. The number of rotatable bonds is 2. The summed E-state index contributed by atoms with van der Waals surface area (Å²) in [5.74, 6) is -0.226. The maximum atomic E-state index is 12.3. The minimum atomic E-state index is -0.226. The van der Waals surface area contributed by atoms with Gasteiger partial charge in [-0.2, -0.15) is 0 Å². The first-order chi connectivity index (χ1) is 12.1. The molecule has 25 heavy (non-hydrogen) atoms. The van der Waals surface area contributed by atoms with Crippen LogP contribution in [-0.4, -0.2) is 11.0 Å². The summed E-state index contributed by atoms with van der Waals surface area (Å²) in [6, 6.07) is 17.7. The SMILES string of the molecule is O=C(NC(=S)Nc1ccc2c3c(cccc13)CC2)c1ccc(Br)cc1. The van der Waals surface area contributed by atoms with E-state index in [-0.39, 0.29) is 5.91 Å². The van der Waals surface area contributed by atoms with Crippen molar-refractivity contribution in [3.63, 3.8) is 0 Å². The molecule has 0 atom stereocenters. The zero-order chi connectivity index (χ0) is 17.4. The molecule has 0 saturated carbocycles. The van der Waals surface area contributed by atoms with Crippen LogP contribution in [0.15, 0.2) is 59.1 Å². The van der Waals surface area contributed by atoms with Gasteiger partial charge in [-0.05, 0) is 71.9 Å². The van der Waals surface area contributed by atoms with E-state index in [4.69, 9.17) is 12.2 Å². The van der Waals surface area contributed by atoms with E-state index in [1.165, 1.54) is 16.5 Å². The minimum absolute atomic E-state index is 0.226. The molecule has 1 amide bonds. The Morgan fingerprint density at radius 3 is 2.44 bits per heavy atom. The lowest BCUT2D eigenvalue weighted by molar-refractivity contribution is 0.0977. The van der Waals surface area contributed by atoms with Crippen LogP contribution in [0.1, 0.15) is 21.5 Å². The number of carbonyl (C=O) groups is 1. The fourth-order valence-electron chi connectivity index (χ4n) is 3.29. The van der Waals surface area contributed by atoms with Gasteiger partial charge in [-0.15, -0.1) is 0 Å². The van der Waals surface area contributed by atoms with E-state index in [9.17, 15) is 4.79 Å². The van der Waals surface area contributed by atoms with Crippen molar-refractivity contribution in [1.29, 1.82) is 0 Å². The smallest absolute Gasteiger partial charge is 0.257 e. The molecule has 0 saturated heterocycles. The standard InChI is InChI=1S/C20H15BrN2OS/c21-15-9-6-14(7-10-15)19(24)23-20(25)22-17-11-8-13-5-4-12-2-1-3-16(17)18(12)13/h1-3,6-11H,4-5H2,(H2,22,23,24,25). The number of anilines is 1. The number of benzene rings is 3. The lowest BCUT2D eigenvalue weighted by Crippen LogP contribution is -2.34. The van der Waals surface area contributed by atoms with Gasteiger partial charge in [-0.3, -0.25) is 10.1 Å². The number of thiocarbonyl (C=S) groups is 1. The first-order valence-electron chi connectivity index (χ1n) is 8.03. The molecule has 3 aromatic rings. The van der Waals surface area contributed by atoms with E-state index in [0.717, 1.165) is 28.4 Å². The van der Waals surface area contributed by atoms with Crippen molar-refractivity contribution >= 4 is 55.6 Å². The molecule has 0 spiro atoms. The highest BCUT2D eigenvalue weighted by Gasteiger charge is 2.16. The molecule has 0 bridgehead atoms. The topological polar surface area (TPSA) is 41.1 Å². The van der Waals surface area contributed by atoms with Gasteiger partial charge in [0.15, 0.2) is 5.11 Å². The quantitative estimate of drug-likeness (QED) is 0.594. The highest BCUT2D eigenvalue weighted by atomic mass is 79.9. The summed E-state index contributed by atoms with van der Waals surface area (Å²) in [5.41, 5.74) is 4.23. The van der Waals surface area contributed by atoms with Crippen molar-refractivity contribution in [3.05, 3.63) is 75.8 Å².